The molecule has 1 aliphatic rings. The summed E-state index contributed by atoms with van der Waals surface area (Å²) in [6.45, 7) is 1.08. The van der Waals surface area contributed by atoms with Crippen LogP contribution in [0.5, 0.6) is 0 Å². The van der Waals surface area contributed by atoms with Gasteiger partial charge in [-0.15, -0.1) is 0 Å². The predicted octanol–water partition coefficient (Wildman–Crippen LogP) is 3.04. The van der Waals surface area contributed by atoms with Crippen LogP contribution in [-0.2, 0) is 19.5 Å². The summed E-state index contributed by atoms with van der Waals surface area (Å²) >= 11 is 0. The number of nitro groups is 1. The minimum Gasteiger partial charge on any atom is -0.306 e. The number of aromatic nitrogens is 2. The summed E-state index contributed by atoms with van der Waals surface area (Å²) in [5, 5.41) is 10.9. The Kier molecular flexibility index (Phi) is 4.70. The summed E-state index contributed by atoms with van der Waals surface area (Å²) in [4.78, 5) is 32.3. The molecule has 0 saturated heterocycles. The van der Waals surface area contributed by atoms with Crippen molar-refractivity contribution in [2.45, 2.75) is 19.5 Å². The Morgan fingerprint density at radius 2 is 2.00 bits per heavy atom. The molecule has 0 saturated carbocycles. The van der Waals surface area contributed by atoms with Crippen molar-refractivity contribution in [3.63, 3.8) is 0 Å². The van der Waals surface area contributed by atoms with Crippen LogP contribution < -0.4 is 5.56 Å². The van der Waals surface area contributed by atoms with Gasteiger partial charge in [0.1, 0.15) is 11.6 Å². The molecule has 7 nitrogen and oxygen atoms in total. The minimum atomic E-state index is -0.547. The smallest absolute Gasteiger partial charge is 0.269 e. The highest BCUT2D eigenvalue weighted by Crippen LogP contribution is 2.22. The summed E-state index contributed by atoms with van der Waals surface area (Å²) in [5.74, 6) is 0.0328. The van der Waals surface area contributed by atoms with Gasteiger partial charge in [-0.1, -0.05) is 30.3 Å². The number of nitrogens with zero attached hydrogens (tertiary/aromatic N) is 3. The molecule has 8 heteroatoms. The normalized spacial score (nSPS) is 13.9. The lowest BCUT2D eigenvalue weighted by Crippen LogP contribution is -2.35. The van der Waals surface area contributed by atoms with Gasteiger partial charge in [0.05, 0.1) is 16.2 Å². The molecule has 0 fully saturated rings. The monoisotopic (exact) mass is 380 g/mol. The quantitative estimate of drug-likeness (QED) is 0.555. The number of nitrogens with one attached hydrogen (secondary N) is 1. The number of halogens is 1. The van der Waals surface area contributed by atoms with Crippen molar-refractivity contribution < 1.29 is 9.31 Å². The van der Waals surface area contributed by atoms with E-state index in [4.69, 9.17) is 0 Å². The summed E-state index contributed by atoms with van der Waals surface area (Å²) in [6.07, 6.45) is 0.551. The Balaban J connectivity index is 1.58. The third-order valence-electron chi connectivity index (χ3n) is 4.83. The molecule has 0 spiro atoms. The van der Waals surface area contributed by atoms with E-state index in [1.54, 1.807) is 0 Å². The van der Waals surface area contributed by atoms with Gasteiger partial charge < -0.3 is 4.98 Å². The fourth-order valence-electron chi connectivity index (χ4n) is 3.39. The number of aromatic amines is 1. The van der Waals surface area contributed by atoms with Crippen molar-refractivity contribution >= 4 is 5.69 Å². The minimum absolute atomic E-state index is 0.152. The van der Waals surface area contributed by atoms with Gasteiger partial charge in [0, 0.05) is 49.3 Å². The lowest BCUT2D eigenvalue weighted by atomic mass is 10.0. The molecule has 0 aliphatic carbocycles. The SMILES string of the molecule is O=c1[nH]c(-c2ccccc2)nc2c1CN(Cc1cc([N+](=O)[O-])ccc1F)CC2. The lowest BCUT2D eigenvalue weighted by Gasteiger charge is -2.27. The van der Waals surface area contributed by atoms with E-state index < -0.39 is 10.7 Å². The third kappa shape index (κ3) is 3.54. The fourth-order valence-corrected chi connectivity index (χ4v) is 3.39. The van der Waals surface area contributed by atoms with Crippen LogP contribution in [0.4, 0.5) is 10.1 Å². The van der Waals surface area contributed by atoms with Gasteiger partial charge in [-0.05, 0) is 6.07 Å². The maximum Gasteiger partial charge on any atom is 0.269 e. The highest BCUT2D eigenvalue weighted by molar-refractivity contribution is 5.54. The lowest BCUT2D eigenvalue weighted by molar-refractivity contribution is -0.385. The van der Waals surface area contributed by atoms with Crippen LogP contribution in [0.15, 0.2) is 53.3 Å². The first-order chi connectivity index (χ1) is 13.5. The molecule has 28 heavy (non-hydrogen) atoms. The first kappa shape index (κ1) is 18.0. The molecule has 1 aliphatic heterocycles. The number of hydrogen-bond donors (Lipinski definition) is 1. The summed E-state index contributed by atoms with van der Waals surface area (Å²) in [6, 6.07) is 12.9. The van der Waals surface area contributed by atoms with Crippen LogP contribution in [0.1, 0.15) is 16.8 Å². The largest absolute Gasteiger partial charge is 0.306 e. The Morgan fingerprint density at radius 3 is 2.75 bits per heavy atom. The van der Waals surface area contributed by atoms with E-state index in [0.717, 1.165) is 23.4 Å². The summed E-state index contributed by atoms with van der Waals surface area (Å²) in [5.41, 5.74) is 2.00. The van der Waals surface area contributed by atoms with Gasteiger partial charge in [-0.3, -0.25) is 19.8 Å². The standard InChI is InChI=1S/C20H17FN4O3/c21-17-7-6-15(25(27)28)10-14(17)11-24-9-8-18-16(12-24)20(26)23-19(22-18)13-4-2-1-3-5-13/h1-7,10H,8-9,11-12H2,(H,22,23,26). The molecule has 1 aromatic heterocycles. The Labute approximate surface area is 159 Å². The molecule has 0 bridgehead atoms. The van der Waals surface area contributed by atoms with Crippen molar-refractivity contribution in [1.82, 2.24) is 14.9 Å². The molecule has 1 N–H and O–H groups in total. The second-order valence-electron chi connectivity index (χ2n) is 6.70. The molecule has 4 rings (SSSR count). The fraction of sp³-hybridized carbons (Fsp3) is 0.200. The van der Waals surface area contributed by atoms with Crippen LogP contribution in [0.25, 0.3) is 11.4 Å². The van der Waals surface area contributed by atoms with Gasteiger partial charge in [0.15, 0.2) is 0 Å². The van der Waals surface area contributed by atoms with E-state index in [1.807, 2.05) is 35.2 Å². The van der Waals surface area contributed by atoms with Crippen molar-refractivity contribution in [2.75, 3.05) is 6.54 Å². The number of nitro benzene ring substituents is 1. The van der Waals surface area contributed by atoms with Gasteiger partial charge in [0.25, 0.3) is 11.2 Å². The molecule has 142 valence electrons. The predicted molar refractivity (Wildman–Crippen MR) is 101 cm³/mol. The molecule has 0 radical (unpaired) electrons. The van der Waals surface area contributed by atoms with Crippen molar-refractivity contribution in [2.24, 2.45) is 0 Å². The van der Waals surface area contributed by atoms with E-state index >= 15 is 0 Å². The van der Waals surface area contributed by atoms with Crippen LogP contribution in [0, 0.1) is 15.9 Å². The van der Waals surface area contributed by atoms with E-state index in [-0.39, 0.29) is 23.4 Å². The Morgan fingerprint density at radius 1 is 1.21 bits per heavy atom. The molecule has 0 atom stereocenters. The second-order valence-corrected chi connectivity index (χ2v) is 6.70. The molecule has 0 amide bonds. The average Bonchev–Trinajstić information content (AvgIpc) is 2.70. The number of rotatable bonds is 4. The maximum atomic E-state index is 14.1. The highest BCUT2D eigenvalue weighted by Gasteiger charge is 2.23. The molecule has 2 heterocycles. The second kappa shape index (κ2) is 7.32. The molecular weight excluding hydrogens is 363 g/mol. The number of H-pyrrole nitrogens is 1. The number of hydrogen-bond acceptors (Lipinski definition) is 5. The molecule has 0 unspecified atom stereocenters. The van der Waals surface area contributed by atoms with Crippen LogP contribution >= 0.6 is 0 Å². The molecule has 2 aromatic carbocycles. The summed E-state index contributed by atoms with van der Waals surface area (Å²) < 4.78 is 14.1. The van der Waals surface area contributed by atoms with Crippen molar-refractivity contribution in [3.05, 3.63) is 91.6 Å². The summed E-state index contributed by atoms with van der Waals surface area (Å²) in [7, 11) is 0. The zero-order valence-corrected chi connectivity index (χ0v) is 14.9. The van der Waals surface area contributed by atoms with Gasteiger partial charge in [0.2, 0.25) is 0 Å². The Bertz CT molecular complexity index is 1100. The van der Waals surface area contributed by atoms with E-state index in [1.165, 1.54) is 6.07 Å². The third-order valence-corrected chi connectivity index (χ3v) is 4.83. The van der Waals surface area contributed by atoms with Gasteiger partial charge >= 0.3 is 0 Å². The van der Waals surface area contributed by atoms with E-state index in [2.05, 4.69) is 9.97 Å². The highest BCUT2D eigenvalue weighted by atomic mass is 19.1. The first-order valence-corrected chi connectivity index (χ1v) is 8.84. The topological polar surface area (TPSA) is 92.1 Å². The van der Waals surface area contributed by atoms with Crippen molar-refractivity contribution in [1.29, 1.82) is 0 Å². The van der Waals surface area contributed by atoms with E-state index in [0.29, 0.717) is 30.9 Å². The average molecular weight is 380 g/mol. The van der Waals surface area contributed by atoms with Crippen LogP contribution in [0.2, 0.25) is 0 Å². The van der Waals surface area contributed by atoms with Crippen LogP contribution in [-0.4, -0.2) is 26.3 Å². The zero-order chi connectivity index (χ0) is 19.7. The molecular formula is C20H17FN4O3. The van der Waals surface area contributed by atoms with Crippen molar-refractivity contribution in [3.8, 4) is 11.4 Å². The maximum absolute atomic E-state index is 14.1. The van der Waals surface area contributed by atoms with Gasteiger partial charge in [-0.25, -0.2) is 9.37 Å². The van der Waals surface area contributed by atoms with Crippen LogP contribution in [0.3, 0.4) is 0 Å². The van der Waals surface area contributed by atoms with Gasteiger partial charge in [-0.2, -0.15) is 0 Å². The number of benzene rings is 2. The molecule has 3 aromatic rings. The number of fused-ring (bicyclic) bond motifs is 1. The van der Waals surface area contributed by atoms with E-state index in [9.17, 15) is 19.3 Å². The zero-order valence-electron chi connectivity index (χ0n) is 14.9. The first-order valence-electron chi connectivity index (χ1n) is 8.84. The number of non-ortho nitro benzene ring substituents is 1. The Hall–Kier alpha value is -3.39.